The molecule has 6 heteroatoms. The summed E-state index contributed by atoms with van der Waals surface area (Å²) >= 11 is 2.99. The topological polar surface area (TPSA) is 72.8 Å². The van der Waals surface area contributed by atoms with Crippen LogP contribution in [0.3, 0.4) is 0 Å². The van der Waals surface area contributed by atoms with Crippen molar-refractivity contribution in [2.45, 2.75) is 18.8 Å². The summed E-state index contributed by atoms with van der Waals surface area (Å²) in [5.41, 5.74) is 0.799. The zero-order valence-electron chi connectivity index (χ0n) is 9.84. The van der Waals surface area contributed by atoms with Gasteiger partial charge in [0.1, 0.15) is 6.26 Å². The number of carbonyl (C=O) groups excluding carboxylic acids is 1. The third-order valence-corrected chi connectivity index (χ3v) is 3.28. The van der Waals surface area contributed by atoms with Crippen LogP contribution in [0.25, 0.3) is 0 Å². The van der Waals surface area contributed by atoms with E-state index in [1.165, 1.54) is 0 Å². The lowest BCUT2D eigenvalue weighted by molar-refractivity contribution is -0.233. The second kappa shape index (κ2) is 5.54. The molecule has 1 aromatic rings. The lowest BCUT2D eigenvalue weighted by atomic mass is 10.1. The van der Waals surface area contributed by atoms with Crippen LogP contribution in [0.5, 0.6) is 0 Å². The molecule has 19 heavy (non-hydrogen) atoms. The fraction of sp³-hybridized carbons (Fsp3) is 0.231. The molecule has 0 aromatic heterocycles. The van der Waals surface area contributed by atoms with Gasteiger partial charge in [0, 0.05) is 0 Å². The van der Waals surface area contributed by atoms with Gasteiger partial charge in [0.2, 0.25) is 0 Å². The Bertz CT molecular complexity index is 525. The predicted molar refractivity (Wildman–Crippen MR) is 69.3 cm³/mol. The average Bonchev–Trinajstić information content (AvgIpc) is 2.41. The fourth-order valence-corrected chi connectivity index (χ4v) is 1.83. The van der Waals surface area contributed by atoms with E-state index in [0.29, 0.717) is 0 Å². The Hall–Kier alpha value is -1.66. The van der Waals surface area contributed by atoms with Crippen LogP contribution in [-0.2, 0) is 25.7 Å². The number of hydrogen-bond acceptors (Lipinski definition) is 4. The Morgan fingerprint density at radius 1 is 1.42 bits per heavy atom. The molecule has 100 valence electrons. The van der Waals surface area contributed by atoms with Crippen LogP contribution in [0.4, 0.5) is 0 Å². The average molecular weight is 327 g/mol. The van der Waals surface area contributed by atoms with Crippen molar-refractivity contribution in [3.8, 4) is 0 Å². The molecule has 5 nitrogen and oxygen atoms in total. The number of hydrogen-bond donors (Lipinski definition) is 1. The Kier molecular flexibility index (Phi) is 4.01. The van der Waals surface area contributed by atoms with Crippen LogP contribution < -0.4 is 0 Å². The second-order valence-corrected chi connectivity index (χ2v) is 4.87. The number of halogens is 1. The van der Waals surface area contributed by atoms with E-state index >= 15 is 0 Å². The van der Waals surface area contributed by atoms with Crippen molar-refractivity contribution < 1.29 is 24.2 Å². The van der Waals surface area contributed by atoms with E-state index in [1.807, 2.05) is 18.2 Å². The standard InChI is InChI=1S/C13H11BrO5/c14-10-8-19-13(12(16)17,6-11(10)15)18-7-9-4-2-1-3-5-9/h1-5,8H,6-7H2,(H,16,17). The number of aliphatic carboxylic acids is 1. The maximum absolute atomic E-state index is 11.6. The summed E-state index contributed by atoms with van der Waals surface area (Å²) in [6.07, 6.45) is 0.692. The van der Waals surface area contributed by atoms with Crippen LogP contribution >= 0.6 is 15.9 Å². The first-order chi connectivity index (χ1) is 9.03. The molecule has 0 saturated carbocycles. The minimum Gasteiger partial charge on any atom is -0.476 e. The molecule has 1 aliphatic rings. The summed E-state index contributed by atoms with van der Waals surface area (Å²) < 4.78 is 10.6. The van der Waals surface area contributed by atoms with Crippen molar-refractivity contribution in [1.29, 1.82) is 0 Å². The van der Waals surface area contributed by atoms with Crippen LogP contribution in [0.1, 0.15) is 12.0 Å². The van der Waals surface area contributed by atoms with E-state index in [2.05, 4.69) is 15.9 Å². The summed E-state index contributed by atoms with van der Waals surface area (Å²) in [6, 6.07) is 9.07. The molecule has 1 heterocycles. The summed E-state index contributed by atoms with van der Waals surface area (Å²) in [5, 5.41) is 9.22. The molecule has 0 bridgehead atoms. The first kappa shape index (κ1) is 13.8. The summed E-state index contributed by atoms with van der Waals surface area (Å²) in [7, 11) is 0. The molecule has 1 unspecified atom stereocenters. The summed E-state index contributed by atoms with van der Waals surface area (Å²) in [4.78, 5) is 22.9. The van der Waals surface area contributed by atoms with Crippen LogP contribution in [0.2, 0.25) is 0 Å². The molecule has 1 aromatic carbocycles. The molecule has 1 N–H and O–H groups in total. The van der Waals surface area contributed by atoms with E-state index in [9.17, 15) is 14.7 Å². The molecule has 2 rings (SSSR count). The van der Waals surface area contributed by atoms with Gasteiger partial charge in [0.15, 0.2) is 5.78 Å². The van der Waals surface area contributed by atoms with E-state index in [-0.39, 0.29) is 23.3 Å². The fourth-order valence-electron chi connectivity index (χ4n) is 1.60. The lowest BCUT2D eigenvalue weighted by Crippen LogP contribution is -2.46. The Labute approximate surface area is 118 Å². The van der Waals surface area contributed by atoms with E-state index in [0.717, 1.165) is 11.8 Å². The molecule has 0 amide bonds. The van der Waals surface area contributed by atoms with Gasteiger partial charge in [0.25, 0.3) is 0 Å². The van der Waals surface area contributed by atoms with Crippen molar-refractivity contribution >= 4 is 27.7 Å². The van der Waals surface area contributed by atoms with Gasteiger partial charge in [-0.3, -0.25) is 4.79 Å². The monoisotopic (exact) mass is 326 g/mol. The number of ketones is 1. The van der Waals surface area contributed by atoms with Gasteiger partial charge in [-0.05, 0) is 21.5 Å². The van der Waals surface area contributed by atoms with Crippen molar-refractivity contribution in [3.05, 3.63) is 46.6 Å². The normalized spacial score (nSPS) is 22.6. The Morgan fingerprint density at radius 2 is 2.11 bits per heavy atom. The molecule has 0 spiro atoms. The quantitative estimate of drug-likeness (QED) is 0.918. The van der Waals surface area contributed by atoms with Crippen LogP contribution in [-0.4, -0.2) is 22.6 Å². The molecule has 0 aliphatic carbocycles. The first-order valence-corrected chi connectivity index (χ1v) is 6.31. The highest BCUT2D eigenvalue weighted by molar-refractivity contribution is 9.12. The number of carboxylic acids is 1. The maximum Gasteiger partial charge on any atom is 0.377 e. The van der Waals surface area contributed by atoms with Gasteiger partial charge in [-0.25, -0.2) is 4.79 Å². The SMILES string of the molecule is O=C1CC(OCc2ccccc2)(C(=O)O)OC=C1Br. The molecule has 1 aliphatic heterocycles. The third-order valence-electron chi connectivity index (χ3n) is 2.65. The van der Waals surface area contributed by atoms with E-state index in [1.54, 1.807) is 12.1 Å². The molecule has 0 saturated heterocycles. The van der Waals surface area contributed by atoms with E-state index < -0.39 is 11.8 Å². The minimum atomic E-state index is -1.95. The molecular formula is C13H11BrO5. The molecule has 0 fully saturated rings. The molecular weight excluding hydrogens is 316 g/mol. The zero-order chi connectivity index (χ0) is 13.9. The Morgan fingerprint density at radius 3 is 2.68 bits per heavy atom. The predicted octanol–water partition coefficient (Wildman–Crippen LogP) is 2.21. The smallest absolute Gasteiger partial charge is 0.377 e. The number of carboxylic acid groups (broad SMARTS) is 1. The zero-order valence-corrected chi connectivity index (χ0v) is 11.4. The van der Waals surface area contributed by atoms with Gasteiger partial charge in [-0.1, -0.05) is 30.3 Å². The summed E-state index contributed by atoms with van der Waals surface area (Å²) in [6.45, 7) is 0.0475. The number of allylic oxidation sites excluding steroid dienone is 1. The van der Waals surface area contributed by atoms with Gasteiger partial charge < -0.3 is 14.6 Å². The first-order valence-electron chi connectivity index (χ1n) is 5.51. The van der Waals surface area contributed by atoms with Crippen molar-refractivity contribution in [3.63, 3.8) is 0 Å². The van der Waals surface area contributed by atoms with Crippen molar-refractivity contribution in [2.75, 3.05) is 0 Å². The third kappa shape index (κ3) is 3.02. The summed E-state index contributed by atoms with van der Waals surface area (Å²) in [5.74, 6) is -3.65. The number of Topliss-reactive ketones (excluding diaryl/α,β-unsaturated/α-hetero) is 1. The molecule has 0 radical (unpaired) electrons. The van der Waals surface area contributed by atoms with Gasteiger partial charge in [-0.15, -0.1) is 0 Å². The van der Waals surface area contributed by atoms with Crippen LogP contribution in [0, 0.1) is 0 Å². The van der Waals surface area contributed by atoms with Crippen LogP contribution in [0.15, 0.2) is 41.1 Å². The minimum absolute atomic E-state index is 0.0475. The van der Waals surface area contributed by atoms with Gasteiger partial charge >= 0.3 is 11.8 Å². The number of rotatable bonds is 4. The Balaban J connectivity index is 2.14. The van der Waals surface area contributed by atoms with Crippen molar-refractivity contribution in [2.24, 2.45) is 0 Å². The second-order valence-electron chi connectivity index (χ2n) is 4.02. The number of ether oxygens (including phenoxy) is 2. The molecule has 1 atom stereocenters. The van der Waals surface area contributed by atoms with Crippen molar-refractivity contribution in [1.82, 2.24) is 0 Å². The van der Waals surface area contributed by atoms with Gasteiger partial charge in [0.05, 0.1) is 17.5 Å². The lowest BCUT2D eigenvalue weighted by Gasteiger charge is -2.30. The largest absolute Gasteiger partial charge is 0.476 e. The number of benzene rings is 1. The highest BCUT2D eigenvalue weighted by Crippen LogP contribution is 2.29. The number of carbonyl (C=O) groups is 2. The van der Waals surface area contributed by atoms with E-state index in [4.69, 9.17) is 9.47 Å². The highest BCUT2D eigenvalue weighted by atomic mass is 79.9. The van der Waals surface area contributed by atoms with Gasteiger partial charge in [-0.2, -0.15) is 0 Å². The highest BCUT2D eigenvalue weighted by Gasteiger charge is 2.47. The maximum atomic E-state index is 11.6.